The first-order valence-electron chi connectivity index (χ1n) is 6.97. The number of amides is 1. The molecule has 19 heavy (non-hydrogen) atoms. The lowest BCUT2D eigenvalue weighted by Gasteiger charge is -2.25. The van der Waals surface area contributed by atoms with Crippen LogP contribution in [-0.4, -0.2) is 18.1 Å². The fourth-order valence-electron chi connectivity index (χ4n) is 2.41. The van der Waals surface area contributed by atoms with Crippen LogP contribution in [0.2, 0.25) is 0 Å². The van der Waals surface area contributed by atoms with Crippen molar-refractivity contribution >= 4 is 17.3 Å². The van der Waals surface area contributed by atoms with Crippen LogP contribution in [0.5, 0.6) is 0 Å². The van der Waals surface area contributed by atoms with Gasteiger partial charge >= 0.3 is 0 Å². The summed E-state index contributed by atoms with van der Waals surface area (Å²) < 4.78 is 5.81. The second kappa shape index (κ2) is 6.57. The van der Waals surface area contributed by atoms with Gasteiger partial charge in [-0.15, -0.1) is 0 Å². The fourth-order valence-corrected chi connectivity index (χ4v) is 2.41. The van der Waals surface area contributed by atoms with Crippen molar-refractivity contribution < 1.29 is 9.53 Å². The minimum atomic E-state index is -0.426. The highest BCUT2D eigenvalue weighted by Crippen LogP contribution is 2.22. The van der Waals surface area contributed by atoms with Crippen molar-refractivity contribution in [1.29, 1.82) is 0 Å². The van der Waals surface area contributed by atoms with Crippen LogP contribution in [0.25, 0.3) is 0 Å². The van der Waals surface area contributed by atoms with E-state index < -0.39 is 6.10 Å². The maximum absolute atomic E-state index is 12.0. The van der Waals surface area contributed by atoms with Crippen molar-refractivity contribution in [2.24, 2.45) is 0 Å². The third-order valence-corrected chi connectivity index (χ3v) is 3.47. The van der Waals surface area contributed by atoms with Crippen molar-refractivity contribution in [2.75, 3.05) is 11.1 Å². The maximum Gasteiger partial charge on any atom is 0.253 e. The Morgan fingerprint density at radius 2 is 2.11 bits per heavy atom. The Hall–Kier alpha value is -1.55. The topological polar surface area (TPSA) is 64.3 Å². The SMILES string of the molecule is CC(OC1CCCCC1)C(=O)Nc1cccc(N)c1. The van der Waals surface area contributed by atoms with Gasteiger partial charge in [-0.1, -0.05) is 25.3 Å². The number of nitrogens with one attached hydrogen (secondary N) is 1. The fraction of sp³-hybridized carbons (Fsp3) is 0.533. The van der Waals surface area contributed by atoms with Gasteiger partial charge in [0.15, 0.2) is 0 Å². The average molecular weight is 262 g/mol. The second-order valence-corrected chi connectivity index (χ2v) is 5.15. The molecule has 0 bridgehead atoms. The van der Waals surface area contributed by atoms with Crippen LogP contribution >= 0.6 is 0 Å². The molecule has 4 nitrogen and oxygen atoms in total. The molecular formula is C15H22N2O2. The summed E-state index contributed by atoms with van der Waals surface area (Å²) in [6, 6.07) is 7.17. The molecule has 0 aromatic heterocycles. The van der Waals surface area contributed by atoms with E-state index in [4.69, 9.17) is 10.5 Å². The zero-order chi connectivity index (χ0) is 13.7. The van der Waals surface area contributed by atoms with Crippen LogP contribution in [0, 0.1) is 0 Å². The molecule has 2 rings (SSSR count). The molecule has 1 fully saturated rings. The molecule has 1 aromatic carbocycles. The predicted molar refractivity (Wildman–Crippen MR) is 76.9 cm³/mol. The molecule has 0 saturated heterocycles. The Labute approximate surface area is 114 Å². The zero-order valence-corrected chi connectivity index (χ0v) is 11.4. The molecular weight excluding hydrogens is 240 g/mol. The first-order chi connectivity index (χ1) is 9.15. The van der Waals surface area contributed by atoms with Crippen LogP contribution in [0.3, 0.4) is 0 Å². The molecule has 1 aliphatic carbocycles. The van der Waals surface area contributed by atoms with E-state index in [-0.39, 0.29) is 12.0 Å². The van der Waals surface area contributed by atoms with Crippen molar-refractivity contribution in [3.8, 4) is 0 Å². The molecule has 104 valence electrons. The second-order valence-electron chi connectivity index (χ2n) is 5.15. The first kappa shape index (κ1) is 13.9. The molecule has 1 unspecified atom stereocenters. The summed E-state index contributed by atoms with van der Waals surface area (Å²) in [4.78, 5) is 12.0. The number of nitrogens with two attached hydrogens (primary N) is 1. The van der Waals surface area contributed by atoms with E-state index >= 15 is 0 Å². The lowest BCUT2D eigenvalue weighted by molar-refractivity contribution is -0.131. The van der Waals surface area contributed by atoms with Crippen molar-refractivity contribution in [3.63, 3.8) is 0 Å². The van der Waals surface area contributed by atoms with Gasteiger partial charge in [0, 0.05) is 11.4 Å². The van der Waals surface area contributed by atoms with Gasteiger partial charge in [-0.05, 0) is 38.0 Å². The summed E-state index contributed by atoms with van der Waals surface area (Å²) in [6.45, 7) is 1.80. The summed E-state index contributed by atoms with van der Waals surface area (Å²) in [5, 5.41) is 2.83. The van der Waals surface area contributed by atoms with Crippen molar-refractivity contribution in [3.05, 3.63) is 24.3 Å². The molecule has 3 N–H and O–H groups in total. The summed E-state index contributed by atoms with van der Waals surface area (Å²) in [5.41, 5.74) is 7.03. The Bertz CT molecular complexity index is 428. The smallest absolute Gasteiger partial charge is 0.253 e. The largest absolute Gasteiger partial charge is 0.399 e. The van der Waals surface area contributed by atoms with Crippen molar-refractivity contribution in [1.82, 2.24) is 0 Å². The first-order valence-corrected chi connectivity index (χ1v) is 6.97. The normalized spacial score (nSPS) is 17.9. The standard InChI is InChI=1S/C15H22N2O2/c1-11(19-14-8-3-2-4-9-14)15(18)17-13-7-5-6-12(16)10-13/h5-7,10-11,14H,2-4,8-9,16H2,1H3,(H,17,18). The number of ether oxygens (including phenoxy) is 1. The number of benzene rings is 1. The Kier molecular flexibility index (Phi) is 4.80. The number of carbonyl (C=O) groups is 1. The number of nitrogen functional groups attached to an aromatic ring is 1. The molecule has 4 heteroatoms. The number of anilines is 2. The zero-order valence-electron chi connectivity index (χ0n) is 11.4. The highest BCUT2D eigenvalue weighted by atomic mass is 16.5. The molecule has 1 atom stereocenters. The molecule has 0 spiro atoms. The Balaban J connectivity index is 1.84. The van der Waals surface area contributed by atoms with Crippen LogP contribution in [-0.2, 0) is 9.53 Å². The van der Waals surface area contributed by atoms with Gasteiger partial charge in [-0.2, -0.15) is 0 Å². The highest BCUT2D eigenvalue weighted by molar-refractivity contribution is 5.94. The molecule has 1 aliphatic rings. The molecule has 1 amide bonds. The Morgan fingerprint density at radius 3 is 2.79 bits per heavy atom. The van der Waals surface area contributed by atoms with E-state index in [1.165, 1.54) is 19.3 Å². The molecule has 0 heterocycles. The maximum atomic E-state index is 12.0. The van der Waals surface area contributed by atoms with Crippen LogP contribution in [0.4, 0.5) is 11.4 Å². The van der Waals surface area contributed by atoms with Gasteiger partial charge in [0.1, 0.15) is 6.10 Å². The summed E-state index contributed by atoms with van der Waals surface area (Å²) >= 11 is 0. The lowest BCUT2D eigenvalue weighted by Crippen LogP contribution is -2.32. The third kappa shape index (κ3) is 4.24. The van der Waals surface area contributed by atoms with Gasteiger partial charge in [-0.3, -0.25) is 4.79 Å². The van der Waals surface area contributed by atoms with Gasteiger partial charge in [0.2, 0.25) is 0 Å². The monoisotopic (exact) mass is 262 g/mol. The number of carbonyl (C=O) groups excluding carboxylic acids is 1. The molecule has 0 aliphatic heterocycles. The lowest BCUT2D eigenvalue weighted by atomic mass is 9.97. The predicted octanol–water partition coefficient (Wildman–Crippen LogP) is 2.95. The quantitative estimate of drug-likeness (QED) is 0.820. The summed E-state index contributed by atoms with van der Waals surface area (Å²) in [6.07, 6.45) is 5.62. The molecule has 1 saturated carbocycles. The van der Waals surface area contributed by atoms with Gasteiger partial charge < -0.3 is 15.8 Å². The van der Waals surface area contributed by atoms with E-state index in [9.17, 15) is 4.79 Å². The summed E-state index contributed by atoms with van der Waals surface area (Å²) in [7, 11) is 0. The van der Waals surface area contributed by atoms with E-state index in [1.54, 1.807) is 19.1 Å². The Morgan fingerprint density at radius 1 is 1.37 bits per heavy atom. The number of hydrogen-bond donors (Lipinski definition) is 2. The van der Waals surface area contributed by atoms with E-state index in [0.717, 1.165) is 12.8 Å². The highest BCUT2D eigenvalue weighted by Gasteiger charge is 2.21. The number of hydrogen-bond acceptors (Lipinski definition) is 3. The van der Waals surface area contributed by atoms with Crippen LogP contribution < -0.4 is 11.1 Å². The van der Waals surface area contributed by atoms with E-state index in [0.29, 0.717) is 11.4 Å². The van der Waals surface area contributed by atoms with Gasteiger partial charge in [0.05, 0.1) is 6.10 Å². The minimum Gasteiger partial charge on any atom is -0.399 e. The summed E-state index contributed by atoms with van der Waals surface area (Å²) in [5.74, 6) is -0.115. The van der Waals surface area contributed by atoms with E-state index in [1.807, 2.05) is 12.1 Å². The molecule has 0 radical (unpaired) electrons. The van der Waals surface area contributed by atoms with Crippen LogP contribution in [0.1, 0.15) is 39.0 Å². The van der Waals surface area contributed by atoms with E-state index in [2.05, 4.69) is 5.32 Å². The van der Waals surface area contributed by atoms with Gasteiger partial charge in [-0.25, -0.2) is 0 Å². The minimum absolute atomic E-state index is 0.115. The molecule has 1 aromatic rings. The van der Waals surface area contributed by atoms with Crippen LogP contribution in [0.15, 0.2) is 24.3 Å². The van der Waals surface area contributed by atoms with Crippen molar-refractivity contribution in [2.45, 2.75) is 51.2 Å². The van der Waals surface area contributed by atoms with Gasteiger partial charge in [0.25, 0.3) is 5.91 Å². The average Bonchev–Trinajstić information content (AvgIpc) is 2.40. The number of rotatable bonds is 4. The third-order valence-electron chi connectivity index (χ3n) is 3.47.